The van der Waals surface area contributed by atoms with Crippen molar-refractivity contribution in [1.82, 2.24) is 49.4 Å². The largest absolute Gasteiger partial charge is 0.390 e. The van der Waals surface area contributed by atoms with Crippen molar-refractivity contribution in [1.29, 1.82) is 0 Å². The van der Waals surface area contributed by atoms with Crippen molar-refractivity contribution in [3.8, 4) is 0 Å². The third-order valence-corrected chi connectivity index (χ3v) is 21.1. The van der Waals surface area contributed by atoms with Crippen LogP contribution < -0.4 is 5.32 Å². The van der Waals surface area contributed by atoms with Gasteiger partial charge in [0.1, 0.15) is 42.0 Å². The lowest BCUT2D eigenvalue weighted by Gasteiger charge is -2.44. The summed E-state index contributed by atoms with van der Waals surface area (Å²) in [6.45, 7) is 34.7. The van der Waals surface area contributed by atoms with Gasteiger partial charge in [0.05, 0.1) is 18.2 Å². The van der Waals surface area contributed by atoms with Crippen molar-refractivity contribution in [2.24, 2.45) is 59.2 Å². The molecular weight excluding hydrogens is 1210 g/mol. The predicted octanol–water partition coefficient (Wildman–Crippen LogP) is 6.91. The number of ketones is 3. The number of unbranched alkanes of at least 4 members (excludes halogenated alkanes) is 1. The number of carbonyl (C=O) groups excluding carboxylic acids is 11. The number of aliphatic hydroxyl groups excluding tert-OH is 1. The van der Waals surface area contributed by atoms with Gasteiger partial charge in [0.25, 0.3) is 0 Å². The van der Waals surface area contributed by atoms with Gasteiger partial charge < -0.3 is 49.6 Å². The Labute approximate surface area is 572 Å². The molecule has 3 rings (SSSR count). The third-order valence-electron chi connectivity index (χ3n) is 21.1. The van der Waals surface area contributed by atoms with Gasteiger partial charge in [-0.15, -0.1) is 0 Å². The molecule has 22 nitrogen and oxygen atoms in total. The van der Waals surface area contributed by atoms with Crippen LogP contribution in [0.15, 0.2) is 0 Å². The fraction of sp³-hybridized carbons (Fsp3) is 0.849. The number of carbonyl (C=O) groups is 11. The maximum atomic E-state index is 15.4. The Kier molecular flexibility index (Phi) is 33.7. The van der Waals surface area contributed by atoms with E-state index in [0.717, 1.165) is 37.5 Å². The molecule has 3 fully saturated rings. The van der Waals surface area contributed by atoms with E-state index >= 15 is 33.6 Å². The lowest BCUT2D eigenvalue weighted by Crippen LogP contribution is -2.63. The van der Waals surface area contributed by atoms with Crippen molar-refractivity contribution in [3.05, 3.63) is 0 Å². The van der Waals surface area contributed by atoms with Gasteiger partial charge in [0.15, 0.2) is 11.6 Å². The Balaban J connectivity index is 2.33. The highest BCUT2D eigenvalue weighted by molar-refractivity contribution is 6.00. The summed E-state index contributed by atoms with van der Waals surface area (Å²) in [4.78, 5) is 179. The van der Waals surface area contributed by atoms with Gasteiger partial charge in [-0.1, -0.05) is 130 Å². The van der Waals surface area contributed by atoms with Crippen molar-refractivity contribution in [2.45, 2.75) is 262 Å². The summed E-state index contributed by atoms with van der Waals surface area (Å²) >= 11 is 0. The van der Waals surface area contributed by atoms with Crippen molar-refractivity contribution < 1.29 is 57.8 Å². The molecular formula is C73H130N10O12. The fourth-order valence-electron chi connectivity index (χ4n) is 14.4. The molecule has 95 heavy (non-hydrogen) atoms. The van der Waals surface area contributed by atoms with E-state index in [1.54, 1.807) is 62.6 Å². The molecule has 0 spiro atoms. The second kappa shape index (κ2) is 38.1. The molecule has 22 heteroatoms. The first kappa shape index (κ1) is 83.9. The standard InChI is InChI=1S/C73H130N10O12/c1-25-27-29-48(13)65(87)64-66(88)74-55(26-2)70(92)75(18)52(17)68(90)80(23)63(51(16)42-82-32-34-83(35-33-82)53-30-28-31-53)61(86)41-54(46(9)10)69(91)76(19)56(36-43(3)4)60(85)39-49(14)59(84)40-50(15)67(89)77(20)57(37-44(5)6)71(93)78(21)58(38-45(7)8)72(94)79(22)62(47(11)12)73(95)81(64)24/h43-58,62-65,87H,25-42H2,1-24H3,(H,74,88)/t48-,49-,50+,51-,52-,54+,55+,56+,57+,58+,62+,63+,64+,65-/m1/s1. The molecule has 2 N–H and O–H groups in total. The van der Waals surface area contributed by atoms with Crippen molar-refractivity contribution in [2.75, 3.05) is 82.1 Å². The second-order valence-electron chi connectivity index (χ2n) is 31.0. The first-order valence-corrected chi connectivity index (χ1v) is 36.1. The molecule has 1 aliphatic carbocycles. The lowest BCUT2D eigenvalue weighted by atomic mass is 9.83. The van der Waals surface area contributed by atoms with E-state index in [-0.39, 0.29) is 80.0 Å². The summed E-state index contributed by atoms with van der Waals surface area (Å²) in [6.07, 6.45) is 4.08. The number of hydrogen-bond acceptors (Lipinski definition) is 14. The van der Waals surface area contributed by atoms with E-state index in [2.05, 4.69) is 15.1 Å². The molecule has 0 unspecified atom stereocenters. The average molecular weight is 1340 g/mol. The second-order valence-corrected chi connectivity index (χ2v) is 31.0. The summed E-state index contributed by atoms with van der Waals surface area (Å²) in [5, 5.41) is 15.2. The van der Waals surface area contributed by atoms with E-state index in [1.807, 2.05) is 69.2 Å². The number of amides is 8. The van der Waals surface area contributed by atoms with Crippen LogP contribution in [0.25, 0.3) is 0 Å². The maximum Gasteiger partial charge on any atom is 0.246 e. The highest BCUT2D eigenvalue weighted by atomic mass is 16.3. The molecule has 2 aliphatic heterocycles. The van der Waals surface area contributed by atoms with E-state index in [0.29, 0.717) is 25.4 Å². The molecule has 3 aliphatic rings. The van der Waals surface area contributed by atoms with Gasteiger partial charge in [-0.2, -0.15) is 0 Å². The average Bonchev–Trinajstić information content (AvgIpc) is 0.811. The lowest BCUT2D eigenvalue weighted by molar-refractivity contribution is -0.157. The normalized spacial score (nSPS) is 28.9. The van der Waals surface area contributed by atoms with Crippen molar-refractivity contribution >= 4 is 64.6 Å². The van der Waals surface area contributed by atoms with Crippen LogP contribution in [0.4, 0.5) is 0 Å². The fourth-order valence-corrected chi connectivity index (χ4v) is 14.4. The molecule has 2 heterocycles. The molecule has 0 aromatic heterocycles. The molecule has 544 valence electrons. The molecule has 1 saturated carbocycles. The van der Waals surface area contributed by atoms with E-state index < -0.39 is 143 Å². The van der Waals surface area contributed by atoms with Crippen LogP contribution in [-0.4, -0.2) is 256 Å². The Hall–Kier alpha value is -5.35. The smallest absolute Gasteiger partial charge is 0.246 e. The zero-order valence-electron chi connectivity index (χ0n) is 63.2. The van der Waals surface area contributed by atoms with Crippen LogP contribution in [0.1, 0.15) is 201 Å². The summed E-state index contributed by atoms with van der Waals surface area (Å²) in [5.74, 6) is -10.8. The number of hydrogen-bond donors (Lipinski definition) is 2. The van der Waals surface area contributed by atoms with Gasteiger partial charge >= 0.3 is 0 Å². The number of likely N-dealkylation sites (N-methyl/N-ethyl adjacent to an activating group) is 7. The highest BCUT2D eigenvalue weighted by Crippen LogP contribution is 2.31. The van der Waals surface area contributed by atoms with Crippen LogP contribution in [0, 0.1) is 59.2 Å². The monoisotopic (exact) mass is 1340 g/mol. The molecule has 2 saturated heterocycles. The number of piperazine rings is 1. The summed E-state index contributed by atoms with van der Waals surface area (Å²) in [6, 6.07) is -8.92. The van der Waals surface area contributed by atoms with Gasteiger partial charge in [-0.3, -0.25) is 57.6 Å². The summed E-state index contributed by atoms with van der Waals surface area (Å²) in [7, 11) is 10.4. The Morgan fingerprint density at radius 2 is 0.947 bits per heavy atom. The Morgan fingerprint density at radius 1 is 0.474 bits per heavy atom. The van der Waals surface area contributed by atoms with Gasteiger partial charge in [-0.25, -0.2) is 0 Å². The number of nitrogens with one attached hydrogen (secondary N) is 1. The summed E-state index contributed by atoms with van der Waals surface area (Å²) < 4.78 is 0. The van der Waals surface area contributed by atoms with Crippen LogP contribution >= 0.6 is 0 Å². The van der Waals surface area contributed by atoms with Gasteiger partial charge in [-0.05, 0) is 93.3 Å². The van der Waals surface area contributed by atoms with Crippen LogP contribution in [0.5, 0.6) is 0 Å². The number of Topliss-reactive ketones (excluding diaryl/α,β-unsaturated/α-hetero) is 3. The Bertz CT molecular complexity index is 2580. The minimum absolute atomic E-state index is 0.0415. The van der Waals surface area contributed by atoms with Crippen molar-refractivity contribution in [3.63, 3.8) is 0 Å². The number of nitrogens with zero attached hydrogens (tertiary/aromatic N) is 9. The zero-order chi connectivity index (χ0) is 72.5. The molecule has 0 radical (unpaired) electrons. The molecule has 0 aromatic carbocycles. The molecule has 8 amide bonds. The van der Waals surface area contributed by atoms with Crippen LogP contribution in [0.2, 0.25) is 0 Å². The maximum absolute atomic E-state index is 15.4. The van der Waals surface area contributed by atoms with Crippen LogP contribution in [-0.2, 0) is 52.7 Å². The molecule has 0 bridgehead atoms. The highest BCUT2D eigenvalue weighted by Gasteiger charge is 2.47. The summed E-state index contributed by atoms with van der Waals surface area (Å²) in [5.41, 5.74) is 0. The minimum atomic E-state index is -1.58. The van der Waals surface area contributed by atoms with Gasteiger partial charge in [0.2, 0.25) is 47.3 Å². The van der Waals surface area contributed by atoms with E-state index in [1.165, 1.54) is 83.9 Å². The van der Waals surface area contributed by atoms with E-state index in [9.17, 15) is 24.3 Å². The minimum Gasteiger partial charge on any atom is -0.390 e. The predicted molar refractivity (Wildman–Crippen MR) is 372 cm³/mol. The zero-order valence-corrected chi connectivity index (χ0v) is 63.2. The Morgan fingerprint density at radius 3 is 1.42 bits per heavy atom. The molecule has 0 aromatic rings. The van der Waals surface area contributed by atoms with Crippen LogP contribution in [0.3, 0.4) is 0 Å². The third kappa shape index (κ3) is 22.3. The first-order valence-electron chi connectivity index (χ1n) is 36.1. The topological polar surface area (TPSA) is 249 Å². The quantitative estimate of drug-likeness (QED) is 0.142. The van der Waals surface area contributed by atoms with Gasteiger partial charge in [0, 0.05) is 125 Å². The number of rotatable bonds is 18. The van der Waals surface area contributed by atoms with E-state index in [4.69, 9.17) is 0 Å². The molecule has 14 atom stereocenters. The SMILES string of the molecule is CCCC[C@@H](C)[C@@H](O)[C@H]1C(=O)N[C@@H](CC)C(=O)N(C)[C@H](C)C(=O)N(C)[C@@H]([C@H](C)CN2CCN(C3CCC3)CC2)C(=O)C[C@@H](C(C)C)C(=O)N(C)[C@@H](CC(C)C)C(=O)C[C@@H](C)C(=O)C[C@H](C)C(=O)N(C)[C@@H](CC(C)C)C(=O)N(C)[C@@H](CC(C)C)C(=O)N(C)[C@@H](C(C)C)C(=O)N1C. The first-order chi connectivity index (χ1) is 44.2. The number of aliphatic hydroxyl groups is 1.